The van der Waals surface area contributed by atoms with Crippen LogP contribution < -0.4 is 5.73 Å². The zero-order valence-electron chi connectivity index (χ0n) is 9.64. The number of nitro benzene ring substituents is 2. The average Bonchev–Trinajstić information content (AvgIpc) is 2.79. The molecule has 1 aromatic heterocycles. The van der Waals surface area contributed by atoms with E-state index in [9.17, 15) is 20.2 Å². The van der Waals surface area contributed by atoms with Crippen LogP contribution in [-0.2, 0) is 0 Å². The minimum Gasteiger partial charge on any atom is -0.419 e. The lowest BCUT2D eigenvalue weighted by molar-refractivity contribution is -0.394. The Morgan fingerprint density at radius 3 is 2.15 bits per heavy atom. The van der Waals surface area contributed by atoms with E-state index in [1.54, 1.807) is 6.07 Å². The molecule has 0 saturated heterocycles. The van der Waals surface area contributed by atoms with Gasteiger partial charge in [0, 0.05) is 12.1 Å². The smallest absolute Gasteiger partial charge is 0.277 e. The number of rotatable bonds is 3. The highest BCUT2D eigenvalue weighted by Crippen LogP contribution is 2.30. The number of non-ortho nitro benzene ring substituents is 2. The van der Waals surface area contributed by atoms with Crippen LogP contribution in [0.3, 0.4) is 0 Å². The van der Waals surface area contributed by atoms with Gasteiger partial charge in [0.05, 0.1) is 21.5 Å². The lowest BCUT2D eigenvalue weighted by Gasteiger charge is -1.97. The third-order valence-electron chi connectivity index (χ3n) is 2.33. The van der Waals surface area contributed by atoms with Gasteiger partial charge in [0.25, 0.3) is 11.4 Å². The number of nitriles is 1. The largest absolute Gasteiger partial charge is 0.419 e. The van der Waals surface area contributed by atoms with E-state index in [1.165, 1.54) is 0 Å². The number of anilines is 1. The lowest BCUT2D eigenvalue weighted by Crippen LogP contribution is -1.94. The molecule has 10 nitrogen and oxygen atoms in total. The van der Waals surface area contributed by atoms with Crippen LogP contribution in [0.4, 0.5) is 17.3 Å². The van der Waals surface area contributed by atoms with Crippen LogP contribution in [-0.4, -0.2) is 14.8 Å². The Labute approximate surface area is 110 Å². The number of aromatic nitrogens is 1. The van der Waals surface area contributed by atoms with Crippen molar-refractivity contribution in [1.29, 1.82) is 5.26 Å². The van der Waals surface area contributed by atoms with Gasteiger partial charge in [-0.3, -0.25) is 20.2 Å². The number of nitro groups is 2. The first-order valence-corrected chi connectivity index (χ1v) is 5.03. The highest BCUT2D eigenvalue weighted by molar-refractivity contribution is 5.65. The number of nitrogens with two attached hydrogens (primary N) is 1. The second-order valence-electron chi connectivity index (χ2n) is 3.60. The highest BCUT2D eigenvalue weighted by Gasteiger charge is 2.20. The van der Waals surface area contributed by atoms with E-state index >= 15 is 0 Å². The topological polar surface area (TPSA) is 162 Å². The average molecular weight is 275 g/mol. The molecule has 20 heavy (non-hydrogen) atoms. The van der Waals surface area contributed by atoms with Gasteiger partial charge in [-0.05, 0) is 0 Å². The Morgan fingerprint density at radius 2 is 1.75 bits per heavy atom. The van der Waals surface area contributed by atoms with Crippen LogP contribution in [0.1, 0.15) is 5.69 Å². The summed E-state index contributed by atoms with van der Waals surface area (Å²) in [6.07, 6.45) is 0. The van der Waals surface area contributed by atoms with Crippen molar-refractivity contribution in [3.05, 3.63) is 44.1 Å². The van der Waals surface area contributed by atoms with E-state index in [-0.39, 0.29) is 23.0 Å². The molecular formula is C10H5N5O5. The summed E-state index contributed by atoms with van der Waals surface area (Å²) in [5, 5.41) is 30.2. The van der Waals surface area contributed by atoms with E-state index < -0.39 is 21.2 Å². The molecule has 1 aromatic carbocycles. The molecule has 0 bridgehead atoms. The van der Waals surface area contributed by atoms with Gasteiger partial charge in [0.15, 0.2) is 0 Å². The maximum atomic E-state index is 10.7. The molecule has 100 valence electrons. The summed E-state index contributed by atoms with van der Waals surface area (Å²) in [5.41, 5.74) is 4.16. The maximum Gasteiger partial charge on any atom is 0.277 e. The second kappa shape index (κ2) is 4.65. The summed E-state index contributed by atoms with van der Waals surface area (Å²) < 4.78 is 4.96. The number of benzene rings is 1. The minimum atomic E-state index is -0.784. The van der Waals surface area contributed by atoms with Crippen LogP contribution in [0.15, 0.2) is 22.6 Å². The molecule has 2 rings (SSSR count). The Kier molecular flexibility index (Phi) is 3.02. The van der Waals surface area contributed by atoms with Crippen molar-refractivity contribution in [2.24, 2.45) is 0 Å². The van der Waals surface area contributed by atoms with Crippen molar-refractivity contribution >= 4 is 17.3 Å². The molecule has 10 heteroatoms. The zero-order valence-corrected chi connectivity index (χ0v) is 9.64. The highest BCUT2D eigenvalue weighted by atomic mass is 16.6. The summed E-state index contributed by atoms with van der Waals surface area (Å²) in [7, 11) is 0. The Hall–Kier alpha value is -3.48. The monoisotopic (exact) mass is 275 g/mol. The first kappa shape index (κ1) is 13.0. The predicted molar refractivity (Wildman–Crippen MR) is 64.4 cm³/mol. The molecule has 0 aliphatic rings. The van der Waals surface area contributed by atoms with Crippen molar-refractivity contribution in [3.63, 3.8) is 0 Å². The zero-order chi connectivity index (χ0) is 14.9. The molecule has 0 fully saturated rings. The molecule has 0 atom stereocenters. The SMILES string of the molecule is N#Cc1nc(-c2cc([N+](=O)[O-])cc([N+](=O)[O-])c2)oc1N. The van der Waals surface area contributed by atoms with Gasteiger partial charge in [0.1, 0.15) is 6.07 Å². The summed E-state index contributed by atoms with van der Waals surface area (Å²) in [4.78, 5) is 23.6. The van der Waals surface area contributed by atoms with Gasteiger partial charge in [-0.25, -0.2) is 0 Å². The standard InChI is InChI=1S/C10H5N5O5/c11-4-8-9(12)20-10(13-8)5-1-6(14(16)17)3-7(2-5)15(18)19/h1-3H,12H2. The van der Waals surface area contributed by atoms with Gasteiger partial charge in [-0.1, -0.05) is 0 Å². The molecule has 0 unspecified atom stereocenters. The molecule has 0 amide bonds. The summed E-state index contributed by atoms with van der Waals surface area (Å²) in [5.74, 6) is -0.470. The molecular weight excluding hydrogens is 270 g/mol. The number of oxazole rings is 1. The van der Waals surface area contributed by atoms with Gasteiger partial charge in [-0.15, -0.1) is 0 Å². The van der Waals surface area contributed by atoms with Crippen LogP contribution in [0.2, 0.25) is 0 Å². The van der Waals surface area contributed by atoms with Crippen molar-refractivity contribution < 1.29 is 14.3 Å². The third-order valence-corrected chi connectivity index (χ3v) is 2.33. The number of nitrogens with zero attached hydrogens (tertiary/aromatic N) is 4. The van der Waals surface area contributed by atoms with Crippen molar-refractivity contribution in [3.8, 4) is 17.5 Å². The summed E-state index contributed by atoms with van der Waals surface area (Å²) in [6.45, 7) is 0. The molecule has 1 heterocycles. The quantitative estimate of drug-likeness (QED) is 0.652. The van der Waals surface area contributed by atoms with Crippen LogP contribution in [0.5, 0.6) is 0 Å². The molecule has 0 radical (unpaired) electrons. The second-order valence-corrected chi connectivity index (χ2v) is 3.60. The lowest BCUT2D eigenvalue weighted by atomic mass is 10.1. The minimum absolute atomic E-state index is 0.0147. The molecule has 0 spiro atoms. The van der Waals surface area contributed by atoms with Crippen molar-refractivity contribution in [2.45, 2.75) is 0 Å². The van der Waals surface area contributed by atoms with Crippen LogP contribution in [0, 0.1) is 31.6 Å². The maximum absolute atomic E-state index is 10.7. The van der Waals surface area contributed by atoms with Gasteiger partial charge < -0.3 is 10.2 Å². The first-order chi connectivity index (χ1) is 9.42. The van der Waals surface area contributed by atoms with E-state index in [4.69, 9.17) is 15.4 Å². The number of hydrogen-bond donors (Lipinski definition) is 1. The Balaban J connectivity index is 2.63. The fraction of sp³-hybridized carbons (Fsp3) is 0. The van der Waals surface area contributed by atoms with E-state index in [0.29, 0.717) is 0 Å². The number of nitrogen functional groups attached to an aromatic ring is 1. The molecule has 0 aliphatic heterocycles. The van der Waals surface area contributed by atoms with Crippen LogP contribution in [0.25, 0.3) is 11.5 Å². The molecule has 0 aliphatic carbocycles. The molecule has 0 saturated carbocycles. The summed E-state index contributed by atoms with van der Waals surface area (Å²) in [6, 6.07) is 4.55. The van der Waals surface area contributed by atoms with E-state index in [2.05, 4.69) is 4.98 Å². The van der Waals surface area contributed by atoms with Gasteiger partial charge in [0.2, 0.25) is 17.5 Å². The van der Waals surface area contributed by atoms with Crippen molar-refractivity contribution in [1.82, 2.24) is 4.98 Å². The Bertz CT molecular complexity index is 728. The van der Waals surface area contributed by atoms with Crippen LogP contribution >= 0.6 is 0 Å². The molecule has 2 N–H and O–H groups in total. The summed E-state index contributed by atoms with van der Waals surface area (Å²) >= 11 is 0. The van der Waals surface area contributed by atoms with Gasteiger partial charge >= 0.3 is 0 Å². The first-order valence-electron chi connectivity index (χ1n) is 5.03. The predicted octanol–water partition coefficient (Wildman–Crippen LogP) is 1.61. The third kappa shape index (κ3) is 2.23. The number of hydrogen-bond acceptors (Lipinski definition) is 8. The van der Waals surface area contributed by atoms with E-state index in [1.807, 2.05) is 0 Å². The molecule has 2 aromatic rings. The normalized spacial score (nSPS) is 9.95. The van der Waals surface area contributed by atoms with Gasteiger partial charge in [-0.2, -0.15) is 10.2 Å². The Morgan fingerprint density at radius 1 is 1.20 bits per heavy atom. The fourth-order valence-corrected chi connectivity index (χ4v) is 1.46. The van der Waals surface area contributed by atoms with Crippen molar-refractivity contribution in [2.75, 3.05) is 5.73 Å². The fourth-order valence-electron chi connectivity index (χ4n) is 1.46. The van der Waals surface area contributed by atoms with E-state index in [0.717, 1.165) is 18.2 Å².